The number of aromatic nitrogens is 1. The summed E-state index contributed by atoms with van der Waals surface area (Å²) in [4.78, 5) is 8.73. The molecule has 0 aliphatic heterocycles. The third-order valence-corrected chi connectivity index (χ3v) is 3.01. The Balaban J connectivity index is 2.03. The van der Waals surface area contributed by atoms with E-state index in [0.29, 0.717) is 18.4 Å². The van der Waals surface area contributed by atoms with Gasteiger partial charge in [-0.25, -0.2) is 4.99 Å². The van der Waals surface area contributed by atoms with E-state index in [1.165, 1.54) is 0 Å². The van der Waals surface area contributed by atoms with Crippen LogP contribution in [-0.4, -0.2) is 17.5 Å². The van der Waals surface area contributed by atoms with Crippen molar-refractivity contribution in [2.45, 2.75) is 20.4 Å². The van der Waals surface area contributed by atoms with Crippen LogP contribution in [0.3, 0.4) is 0 Å². The fourth-order valence-corrected chi connectivity index (χ4v) is 1.90. The van der Waals surface area contributed by atoms with Gasteiger partial charge < -0.3 is 11.1 Å². The second-order valence-corrected chi connectivity index (χ2v) is 5.39. The average molecular weight is 282 g/mol. The first-order valence-electron chi connectivity index (χ1n) is 7.19. The highest BCUT2D eigenvalue weighted by atomic mass is 15.1. The molecule has 1 aromatic heterocycles. The van der Waals surface area contributed by atoms with Gasteiger partial charge in [0.1, 0.15) is 0 Å². The summed E-state index contributed by atoms with van der Waals surface area (Å²) in [5.41, 5.74) is 9.02. The Morgan fingerprint density at radius 1 is 1.24 bits per heavy atom. The lowest BCUT2D eigenvalue weighted by molar-refractivity contribution is 0.622. The number of guanidine groups is 1. The maximum absolute atomic E-state index is 5.85. The maximum atomic E-state index is 5.85. The molecule has 0 aliphatic rings. The van der Waals surface area contributed by atoms with Crippen molar-refractivity contribution >= 4 is 5.96 Å². The Hall–Kier alpha value is -2.36. The fraction of sp³-hybridized carbons (Fsp3) is 0.294. The molecule has 0 spiro atoms. The Labute approximate surface area is 126 Å². The number of aliphatic imine (C=N–C) groups is 1. The molecule has 3 N–H and O–H groups in total. The minimum absolute atomic E-state index is 0.493. The first kappa shape index (κ1) is 15.0. The van der Waals surface area contributed by atoms with Crippen molar-refractivity contribution in [1.29, 1.82) is 0 Å². The zero-order valence-electron chi connectivity index (χ0n) is 12.6. The van der Waals surface area contributed by atoms with E-state index in [4.69, 9.17) is 5.73 Å². The number of benzene rings is 1. The normalized spacial score (nSPS) is 11.7. The molecular formula is C17H22N4. The molecule has 1 aromatic carbocycles. The Morgan fingerprint density at radius 2 is 2.10 bits per heavy atom. The molecule has 0 aliphatic carbocycles. The van der Waals surface area contributed by atoms with E-state index in [1.54, 1.807) is 6.20 Å². The molecule has 0 saturated heterocycles. The second-order valence-electron chi connectivity index (χ2n) is 5.39. The summed E-state index contributed by atoms with van der Waals surface area (Å²) >= 11 is 0. The zero-order chi connectivity index (χ0) is 15.1. The van der Waals surface area contributed by atoms with Gasteiger partial charge in [-0.15, -0.1) is 0 Å². The molecule has 110 valence electrons. The number of hydrogen-bond donors (Lipinski definition) is 2. The van der Waals surface area contributed by atoms with Crippen molar-refractivity contribution < 1.29 is 0 Å². The lowest BCUT2D eigenvalue weighted by Crippen LogP contribution is -2.34. The first-order chi connectivity index (χ1) is 10.1. The summed E-state index contributed by atoms with van der Waals surface area (Å²) in [5.74, 6) is 1.04. The van der Waals surface area contributed by atoms with Crippen molar-refractivity contribution in [2.75, 3.05) is 6.54 Å². The summed E-state index contributed by atoms with van der Waals surface area (Å²) in [6.07, 6.45) is 1.80. The van der Waals surface area contributed by atoms with Crippen LogP contribution in [0.25, 0.3) is 11.3 Å². The molecule has 2 aromatic rings. The number of nitrogens with one attached hydrogen (secondary N) is 1. The number of nitrogens with zero attached hydrogens (tertiary/aromatic N) is 2. The maximum Gasteiger partial charge on any atom is 0.188 e. The van der Waals surface area contributed by atoms with Crippen molar-refractivity contribution in [2.24, 2.45) is 16.6 Å². The highest BCUT2D eigenvalue weighted by molar-refractivity contribution is 5.77. The molecule has 0 fully saturated rings. The van der Waals surface area contributed by atoms with E-state index in [1.807, 2.05) is 30.3 Å². The van der Waals surface area contributed by atoms with Crippen molar-refractivity contribution in [1.82, 2.24) is 10.3 Å². The predicted molar refractivity (Wildman–Crippen MR) is 87.8 cm³/mol. The molecule has 0 saturated carbocycles. The molecule has 1 heterocycles. The molecule has 2 rings (SSSR count). The van der Waals surface area contributed by atoms with Gasteiger partial charge in [-0.1, -0.05) is 38.1 Å². The van der Waals surface area contributed by atoms with Crippen LogP contribution in [0.2, 0.25) is 0 Å². The van der Waals surface area contributed by atoms with Crippen molar-refractivity contribution in [3.8, 4) is 11.3 Å². The summed E-state index contributed by atoms with van der Waals surface area (Å²) in [6, 6.07) is 14.1. The van der Waals surface area contributed by atoms with Gasteiger partial charge in [-0.3, -0.25) is 4.98 Å². The largest absolute Gasteiger partial charge is 0.370 e. The molecule has 0 amide bonds. The van der Waals surface area contributed by atoms with Gasteiger partial charge in [0.15, 0.2) is 5.96 Å². The van der Waals surface area contributed by atoms with Crippen LogP contribution in [0.4, 0.5) is 0 Å². The van der Waals surface area contributed by atoms with Gasteiger partial charge >= 0.3 is 0 Å². The van der Waals surface area contributed by atoms with E-state index in [0.717, 1.165) is 23.4 Å². The van der Waals surface area contributed by atoms with E-state index in [-0.39, 0.29) is 0 Å². The number of nitrogens with two attached hydrogens (primary N) is 1. The van der Waals surface area contributed by atoms with Gasteiger partial charge in [0.25, 0.3) is 0 Å². The Morgan fingerprint density at radius 3 is 2.81 bits per heavy atom. The summed E-state index contributed by atoms with van der Waals surface area (Å²) in [6.45, 7) is 5.67. The lowest BCUT2D eigenvalue weighted by Gasteiger charge is -2.08. The van der Waals surface area contributed by atoms with E-state index >= 15 is 0 Å². The van der Waals surface area contributed by atoms with Crippen LogP contribution in [-0.2, 0) is 6.54 Å². The second kappa shape index (κ2) is 7.43. The van der Waals surface area contributed by atoms with Crippen LogP contribution >= 0.6 is 0 Å². The van der Waals surface area contributed by atoms with E-state index in [9.17, 15) is 0 Å². The van der Waals surface area contributed by atoms with Crippen molar-refractivity contribution in [3.05, 3.63) is 54.2 Å². The average Bonchev–Trinajstić information content (AvgIpc) is 2.52. The van der Waals surface area contributed by atoms with Crippen LogP contribution in [0.15, 0.2) is 53.7 Å². The minimum atomic E-state index is 0.493. The SMILES string of the molecule is CC(C)CNC(N)=NCc1cccc(-c2ccccn2)c1. The summed E-state index contributed by atoms with van der Waals surface area (Å²) in [5, 5.41) is 3.11. The molecular weight excluding hydrogens is 260 g/mol. The van der Waals surface area contributed by atoms with Gasteiger partial charge in [-0.05, 0) is 29.7 Å². The van der Waals surface area contributed by atoms with Crippen LogP contribution in [0, 0.1) is 5.92 Å². The molecule has 0 atom stereocenters. The molecule has 4 heteroatoms. The van der Waals surface area contributed by atoms with Crippen LogP contribution in [0.5, 0.6) is 0 Å². The van der Waals surface area contributed by atoms with Gasteiger partial charge in [0.05, 0.1) is 12.2 Å². The quantitative estimate of drug-likeness (QED) is 0.655. The fourth-order valence-electron chi connectivity index (χ4n) is 1.90. The molecule has 0 radical (unpaired) electrons. The van der Waals surface area contributed by atoms with Gasteiger partial charge in [0.2, 0.25) is 0 Å². The predicted octanol–water partition coefficient (Wildman–Crippen LogP) is 2.81. The summed E-state index contributed by atoms with van der Waals surface area (Å²) < 4.78 is 0. The highest BCUT2D eigenvalue weighted by Gasteiger charge is 2.00. The standard InChI is InChI=1S/C17H22N4/c1-13(2)11-20-17(18)21-12-14-6-5-7-15(10-14)16-8-3-4-9-19-16/h3-10,13H,11-12H2,1-2H3,(H3,18,20,21). The number of pyridine rings is 1. The highest BCUT2D eigenvalue weighted by Crippen LogP contribution is 2.18. The van der Waals surface area contributed by atoms with Gasteiger partial charge in [0, 0.05) is 18.3 Å². The lowest BCUT2D eigenvalue weighted by atomic mass is 10.1. The topological polar surface area (TPSA) is 63.3 Å². The van der Waals surface area contributed by atoms with Gasteiger partial charge in [-0.2, -0.15) is 0 Å². The smallest absolute Gasteiger partial charge is 0.188 e. The van der Waals surface area contributed by atoms with Crippen LogP contribution in [0.1, 0.15) is 19.4 Å². The molecule has 0 unspecified atom stereocenters. The monoisotopic (exact) mass is 282 g/mol. The zero-order valence-corrected chi connectivity index (χ0v) is 12.6. The van der Waals surface area contributed by atoms with Crippen LogP contribution < -0.4 is 11.1 Å². The van der Waals surface area contributed by atoms with Crippen molar-refractivity contribution in [3.63, 3.8) is 0 Å². The first-order valence-corrected chi connectivity index (χ1v) is 7.19. The number of hydrogen-bond acceptors (Lipinski definition) is 2. The third kappa shape index (κ3) is 4.91. The molecule has 0 bridgehead atoms. The van der Waals surface area contributed by atoms with E-state index < -0.39 is 0 Å². The third-order valence-electron chi connectivity index (χ3n) is 3.01. The Bertz CT molecular complexity index is 591. The van der Waals surface area contributed by atoms with E-state index in [2.05, 4.69) is 41.3 Å². The molecule has 4 nitrogen and oxygen atoms in total. The Kier molecular flexibility index (Phi) is 5.32. The molecule has 21 heavy (non-hydrogen) atoms. The number of rotatable bonds is 5. The minimum Gasteiger partial charge on any atom is -0.370 e. The summed E-state index contributed by atoms with van der Waals surface area (Å²) in [7, 11) is 0.